The van der Waals surface area contributed by atoms with Crippen molar-refractivity contribution in [2.45, 2.75) is 45.3 Å². The van der Waals surface area contributed by atoms with Crippen molar-refractivity contribution < 1.29 is 4.79 Å². The standard InChI is InChI=1S/C25H32N4O/c1-3-28-24(18-30)19(2)29(27-16-14-26(15-17-27)21-10-7-11-21)25(28)23-13-6-9-20-8-4-5-12-22(20)23/h4-6,8-9,12-13,18,21,25H,3,7,10-11,14-17H2,1-2H3. The Labute approximate surface area is 179 Å². The minimum atomic E-state index is 0.0246. The molecule has 158 valence electrons. The number of carbonyl (C=O) groups is 1. The molecule has 30 heavy (non-hydrogen) atoms. The van der Waals surface area contributed by atoms with Gasteiger partial charge in [-0.05, 0) is 37.5 Å². The van der Waals surface area contributed by atoms with Gasteiger partial charge in [-0.3, -0.25) is 14.7 Å². The van der Waals surface area contributed by atoms with E-state index in [9.17, 15) is 4.79 Å². The molecule has 5 nitrogen and oxygen atoms in total. The highest BCUT2D eigenvalue weighted by atomic mass is 16.1. The fraction of sp³-hybridized carbons (Fsp3) is 0.480. The van der Waals surface area contributed by atoms with Gasteiger partial charge in [0.15, 0.2) is 6.29 Å². The van der Waals surface area contributed by atoms with Gasteiger partial charge in [0, 0.05) is 44.3 Å². The van der Waals surface area contributed by atoms with Crippen molar-refractivity contribution in [3.63, 3.8) is 0 Å². The zero-order valence-corrected chi connectivity index (χ0v) is 18.1. The largest absolute Gasteiger partial charge is 0.342 e. The first-order valence-corrected chi connectivity index (χ1v) is 11.4. The number of allylic oxidation sites excluding steroid dienone is 2. The fourth-order valence-electron chi connectivity index (χ4n) is 5.45. The second-order valence-corrected chi connectivity index (χ2v) is 8.74. The molecule has 1 saturated heterocycles. The van der Waals surface area contributed by atoms with Crippen molar-refractivity contribution in [2.75, 3.05) is 32.7 Å². The average molecular weight is 405 g/mol. The molecule has 2 heterocycles. The van der Waals surface area contributed by atoms with Gasteiger partial charge in [-0.2, -0.15) is 0 Å². The van der Waals surface area contributed by atoms with Crippen molar-refractivity contribution >= 4 is 17.1 Å². The molecule has 0 radical (unpaired) electrons. The lowest BCUT2D eigenvalue weighted by Gasteiger charge is -2.48. The van der Waals surface area contributed by atoms with Crippen molar-refractivity contribution in [1.29, 1.82) is 0 Å². The summed E-state index contributed by atoms with van der Waals surface area (Å²) in [5.74, 6) is 0. The minimum Gasteiger partial charge on any atom is -0.342 e. The Kier molecular flexibility index (Phi) is 5.25. The monoisotopic (exact) mass is 404 g/mol. The summed E-state index contributed by atoms with van der Waals surface area (Å²) < 4.78 is 0. The summed E-state index contributed by atoms with van der Waals surface area (Å²) in [5, 5.41) is 7.41. The summed E-state index contributed by atoms with van der Waals surface area (Å²) in [7, 11) is 0. The molecule has 1 aliphatic carbocycles. The van der Waals surface area contributed by atoms with Gasteiger partial charge in [-0.1, -0.05) is 48.9 Å². The molecule has 1 saturated carbocycles. The van der Waals surface area contributed by atoms with Crippen molar-refractivity contribution in [1.82, 2.24) is 19.8 Å². The first-order chi connectivity index (χ1) is 14.7. The van der Waals surface area contributed by atoms with Crippen LogP contribution < -0.4 is 0 Å². The fourth-order valence-corrected chi connectivity index (χ4v) is 5.45. The zero-order valence-electron chi connectivity index (χ0n) is 18.1. The number of fused-ring (bicyclic) bond motifs is 1. The van der Waals surface area contributed by atoms with Gasteiger partial charge >= 0.3 is 0 Å². The number of carbonyl (C=O) groups excluding carboxylic acids is 1. The molecular weight excluding hydrogens is 372 g/mol. The molecule has 0 bridgehead atoms. The molecule has 0 amide bonds. The number of nitrogens with zero attached hydrogens (tertiary/aromatic N) is 4. The maximum atomic E-state index is 12.1. The SMILES string of the molecule is CCN1C(C=O)=C(C)N(N2CCN(C3CCC3)CC2)C1c1cccc2ccccc12. The lowest BCUT2D eigenvalue weighted by molar-refractivity contribution is -0.107. The van der Waals surface area contributed by atoms with E-state index in [1.54, 1.807) is 0 Å². The molecule has 1 atom stereocenters. The Morgan fingerprint density at radius 2 is 1.73 bits per heavy atom. The number of likely N-dealkylation sites (N-methyl/N-ethyl adjacent to an activating group) is 1. The van der Waals surface area contributed by atoms with Gasteiger partial charge in [-0.25, -0.2) is 5.01 Å². The average Bonchev–Trinajstić information content (AvgIpc) is 3.03. The molecule has 2 fully saturated rings. The molecule has 5 heteroatoms. The third-order valence-corrected chi connectivity index (χ3v) is 7.29. The highest BCUT2D eigenvalue weighted by Crippen LogP contribution is 2.42. The molecule has 1 unspecified atom stereocenters. The molecule has 0 spiro atoms. The van der Waals surface area contributed by atoms with Crippen LogP contribution in [-0.2, 0) is 4.79 Å². The predicted molar refractivity (Wildman–Crippen MR) is 120 cm³/mol. The minimum absolute atomic E-state index is 0.0246. The molecule has 5 rings (SSSR count). The molecule has 0 N–H and O–H groups in total. The molecule has 0 aromatic heterocycles. The number of piperazine rings is 1. The Balaban J connectivity index is 1.51. The molecular formula is C25H32N4O. The summed E-state index contributed by atoms with van der Waals surface area (Å²) in [6, 6.07) is 15.9. The molecule has 2 aliphatic heterocycles. The van der Waals surface area contributed by atoms with E-state index in [0.29, 0.717) is 0 Å². The van der Waals surface area contributed by atoms with Gasteiger partial charge in [0.05, 0.1) is 11.4 Å². The third-order valence-electron chi connectivity index (χ3n) is 7.29. The maximum absolute atomic E-state index is 12.1. The van der Waals surface area contributed by atoms with E-state index in [1.165, 1.54) is 35.6 Å². The van der Waals surface area contributed by atoms with E-state index in [-0.39, 0.29) is 6.17 Å². The van der Waals surface area contributed by atoms with E-state index in [1.807, 2.05) is 0 Å². The van der Waals surface area contributed by atoms with Crippen LogP contribution in [-0.4, -0.2) is 64.9 Å². The van der Waals surface area contributed by atoms with Gasteiger partial charge in [0.25, 0.3) is 0 Å². The van der Waals surface area contributed by atoms with Crippen molar-refractivity contribution in [3.05, 3.63) is 59.4 Å². The van der Waals surface area contributed by atoms with E-state index >= 15 is 0 Å². The molecule has 3 aliphatic rings. The van der Waals surface area contributed by atoms with Crippen LogP contribution in [0.15, 0.2) is 53.9 Å². The molecule has 2 aromatic carbocycles. The van der Waals surface area contributed by atoms with E-state index in [2.05, 4.69) is 76.1 Å². The second-order valence-electron chi connectivity index (χ2n) is 8.74. The van der Waals surface area contributed by atoms with Gasteiger partial charge < -0.3 is 4.90 Å². The number of hydrogen-bond acceptors (Lipinski definition) is 5. The van der Waals surface area contributed by atoms with E-state index < -0.39 is 0 Å². The Bertz CT molecular complexity index is 953. The van der Waals surface area contributed by atoms with Gasteiger partial charge in [0.1, 0.15) is 6.17 Å². The highest BCUT2D eigenvalue weighted by molar-refractivity contribution is 5.86. The number of hydrazine groups is 1. The van der Waals surface area contributed by atoms with Crippen molar-refractivity contribution in [2.24, 2.45) is 0 Å². The van der Waals surface area contributed by atoms with Crippen LogP contribution >= 0.6 is 0 Å². The van der Waals surface area contributed by atoms with Crippen LogP contribution in [0.1, 0.15) is 44.8 Å². The lowest BCUT2D eigenvalue weighted by Crippen LogP contribution is -2.57. The summed E-state index contributed by atoms with van der Waals surface area (Å²) >= 11 is 0. The quantitative estimate of drug-likeness (QED) is 0.703. The normalized spacial score (nSPS) is 24.0. The Morgan fingerprint density at radius 3 is 2.40 bits per heavy atom. The summed E-state index contributed by atoms with van der Waals surface area (Å²) in [6.07, 6.45) is 5.18. The van der Waals surface area contributed by atoms with Crippen LogP contribution in [0.5, 0.6) is 0 Å². The van der Waals surface area contributed by atoms with Crippen LogP contribution in [0, 0.1) is 0 Å². The topological polar surface area (TPSA) is 30.0 Å². The first kappa shape index (κ1) is 19.6. The smallest absolute Gasteiger partial charge is 0.168 e. The number of benzene rings is 2. The van der Waals surface area contributed by atoms with E-state index in [4.69, 9.17) is 0 Å². The van der Waals surface area contributed by atoms with Gasteiger partial charge in [0.2, 0.25) is 0 Å². The number of hydrogen-bond donors (Lipinski definition) is 0. The Hall–Kier alpha value is -2.37. The highest BCUT2D eigenvalue weighted by Gasteiger charge is 2.41. The second kappa shape index (κ2) is 8.05. The van der Waals surface area contributed by atoms with Crippen molar-refractivity contribution in [3.8, 4) is 0 Å². The van der Waals surface area contributed by atoms with Crippen LogP contribution in [0.2, 0.25) is 0 Å². The summed E-state index contributed by atoms with van der Waals surface area (Å²) in [4.78, 5) is 17.0. The Morgan fingerprint density at radius 1 is 1.00 bits per heavy atom. The van der Waals surface area contributed by atoms with Gasteiger partial charge in [-0.15, -0.1) is 0 Å². The summed E-state index contributed by atoms with van der Waals surface area (Å²) in [6.45, 7) is 9.30. The lowest BCUT2D eigenvalue weighted by atomic mass is 9.91. The predicted octanol–water partition coefficient (Wildman–Crippen LogP) is 3.99. The first-order valence-electron chi connectivity index (χ1n) is 11.4. The van der Waals surface area contributed by atoms with Crippen LogP contribution in [0.3, 0.4) is 0 Å². The third kappa shape index (κ3) is 3.12. The van der Waals surface area contributed by atoms with E-state index in [0.717, 1.165) is 56.4 Å². The van der Waals surface area contributed by atoms with Crippen LogP contribution in [0.4, 0.5) is 0 Å². The summed E-state index contributed by atoms with van der Waals surface area (Å²) in [5.41, 5.74) is 3.16. The van der Waals surface area contributed by atoms with Crippen LogP contribution in [0.25, 0.3) is 10.8 Å². The zero-order chi connectivity index (χ0) is 20.7. The number of aldehydes is 1. The number of rotatable bonds is 5. The maximum Gasteiger partial charge on any atom is 0.168 e. The molecule has 2 aromatic rings.